The Morgan fingerprint density at radius 2 is 2.26 bits per heavy atom. The van der Waals surface area contributed by atoms with Gasteiger partial charge in [-0.2, -0.15) is 0 Å². The number of rotatable bonds is 9. The molecule has 0 atom stereocenters. The van der Waals surface area contributed by atoms with Crippen molar-refractivity contribution in [1.82, 2.24) is 0 Å². The van der Waals surface area contributed by atoms with E-state index in [9.17, 15) is 10.1 Å². The summed E-state index contributed by atoms with van der Waals surface area (Å²) in [5.41, 5.74) is 0.448. The SMILES string of the molecule is C=CCCOCCNc1ccc(OC)cc1[N+](=O)[O-]. The fourth-order valence-electron chi connectivity index (χ4n) is 1.47. The van der Waals surface area contributed by atoms with E-state index in [-0.39, 0.29) is 5.69 Å². The third-order valence-corrected chi connectivity index (χ3v) is 2.43. The number of hydrogen-bond acceptors (Lipinski definition) is 5. The van der Waals surface area contributed by atoms with Gasteiger partial charge >= 0.3 is 0 Å². The molecular weight excluding hydrogens is 248 g/mol. The van der Waals surface area contributed by atoms with Gasteiger partial charge in [-0.25, -0.2) is 0 Å². The van der Waals surface area contributed by atoms with Crippen molar-refractivity contribution in [2.75, 3.05) is 32.2 Å². The molecule has 19 heavy (non-hydrogen) atoms. The summed E-state index contributed by atoms with van der Waals surface area (Å²) in [6, 6.07) is 4.69. The lowest BCUT2D eigenvalue weighted by molar-refractivity contribution is -0.384. The van der Waals surface area contributed by atoms with Gasteiger partial charge in [0.15, 0.2) is 0 Å². The highest BCUT2D eigenvalue weighted by molar-refractivity contribution is 5.63. The first-order valence-electron chi connectivity index (χ1n) is 5.94. The number of anilines is 1. The minimum absolute atomic E-state index is 0.00885. The number of nitrogens with zero attached hydrogens (tertiary/aromatic N) is 1. The minimum atomic E-state index is -0.441. The van der Waals surface area contributed by atoms with Crippen LogP contribution in [-0.2, 0) is 4.74 Å². The Morgan fingerprint density at radius 1 is 1.47 bits per heavy atom. The Morgan fingerprint density at radius 3 is 2.89 bits per heavy atom. The maximum atomic E-state index is 10.9. The van der Waals surface area contributed by atoms with E-state index >= 15 is 0 Å². The molecule has 0 aliphatic heterocycles. The van der Waals surface area contributed by atoms with Gasteiger partial charge in [0.05, 0.1) is 31.3 Å². The van der Waals surface area contributed by atoms with Crippen LogP contribution >= 0.6 is 0 Å². The molecule has 6 heteroatoms. The van der Waals surface area contributed by atoms with Crippen molar-refractivity contribution in [3.63, 3.8) is 0 Å². The van der Waals surface area contributed by atoms with Crippen molar-refractivity contribution >= 4 is 11.4 Å². The third kappa shape index (κ3) is 4.97. The fourth-order valence-corrected chi connectivity index (χ4v) is 1.47. The molecule has 0 saturated heterocycles. The molecule has 0 saturated carbocycles. The van der Waals surface area contributed by atoms with Crippen LogP contribution in [0.1, 0.15) is 6.42 Å². The van der Waals surface area contributed by atoms with E-state index in [1.807, 2.05) is 0 Å². The lowest BCUT2D eigenvalue weighted by Gasteiger charge is -2.08. The standard InChI is InChI=1S/C13H18N2O4/c1-3-4-8-19-9-7-14-12-6-5-11(18-2)10-13(12)15(16)17/h3,5-6,10,14H,1,4,7-9H2,2H3. The van der Waals surface area contributed by atoms with E-state index in [4.69, 9.17) is 9.47 Å². The van der Waals surface area contributed by atoms with Crippen molar-refractivity contribution < 1.29 is 14.4 Å². The van der Waals surface area contributed by atoms with Gasteiger partial charge in [0.1, 0.15) is 11.4 Å². The predicted octanol–water partition coefficient (Wildman–Crippen LogP) is 2.61. The molecule has 0 fully saturated rings. The number of nitrogens with one attached hydrogen (secondary N) is 1. The van der Waals surface area contributed by atoms with E-state index in [1.54, 1.807) is 18.2 Å². The van der Waals surface area contributed by atoms with E-state index in [0.29, 0.717) is 31.2 Å². The largest absolute Gasteiger partial charge is 0.496 e. The monoisotopic (exact) mass is 266 g/mol. The second-order valence-electron chi connectivity index (χ2n) is 3.76. The molecule has 0 aliphatic carbocycles. The molecular formula is C13H18N2O4. The number of nitro benzene ring substituents is 1. The lowest BCUT2D eigenvalue weighted by atomic mass is 10.2. The summed E-state index contributed by atoms with van der Waals surface area (Å²) < 4.78 is 10.3. The molecule has 0 unspecified atom stereocenters. The Hall–Kier alpha value is -2.08. The average molecular weight is 266 g/mol. The van der Waals surface area contributed by atoms with E-state index in [0.717, 1.165) is 6.42 Å². The van der Waals surface area contributed by atoms with Crippen LogP contribution in [-0.4, -0.2) is 31.8 Å². The molecule has 104 valence electrons. The summed E-state index contributed by atoms with van der Waals surface area (Å²) in [5.74, 6) is 0.458. The zero-order valence-electron chi connectivity index (χ0n) is 10.9. The van der Waals surface area contributed by atoms with E-state index in [2.05, 4.69) is 11.9 Å². The summed E-state index contributed by atoms with van der Waals surface area (Å²) in [5, 5.41) is 13.9. The number of ether oxygens (including phenoxy) is 2. The molecule has 0 amide bonds. The first-order valence-corrected chi connectivity index (χ1v) is 5.94. The molecule has 1 aromatic carbocycles. The first kappa shape index (κ1) is 15.0. The third-order valence-electron chi connectivity index (χ3n) is 2.43. The summed E-state index contributed by atoms with van der Waals surface area (Å²) in [4.78, 5) is 10.5. The van der Waals surface area contributed by atoms with Gasteiger partial charge in [0, 0.05) is 6.54 Å². The van der Waals surface area contributed by atoms with Crippen LogP contribution in [0.5, 0.6) is 5.75 Å². The van der Waals surface area contributed by atoms with Crippen LogP contribution in [0.2, 0.25) is 0 Å². The van der Waals surface area contributed by atoms with Crippen molar-refractivity contribution in [3.8, 4) is 5.75 Å². The highest BCUT2D eigenvalue weighted by Gasteiger charge is 2.14. The van der Waals surface area contributed by atoms with Crippen molar-refractivity contribution in [3.05, 3.63) is 41.0 Å². The molecule has 0 radical (unpaired) electrons. The smallest absolute Gasteiger partial charge is 0.296 e. The van der Waals surface area contributed by atoms with Gasteiger partial charge in [-0.1, -0.05) is 6.08 Å². The van der Waals surface area contributed by atoms with Gasteiger partial charge < -0.3 is 14.8 Å². The Bertz CT molecular complexity index is 435. The quantitative estimate of drug-likeness (QED) is 0.322. The summed E-state index contributed by atoms with van der Waals surface area (Å²) >= 11 is 0. The topological polar surface area (TPSA) is 73.6 Å². The van der Waals surface area contributed by atoms with Crippen molar-refractivity contribution in [2.24, 2.45) is 0 Å². The molecule has 0 spiro atoms. The summed E-state index contributed by atoms with van der Waals surface area (Å²) in [6.07, 6.45) is 2.57. The highest BCUT2D eigenvalue weighted by Crippen LogP contribution is 2.28. The normalized spacial score (nSPS) is 9.95. The maximum absolute atomic E-state index is 10.9. The zero-order valence-corrected chi connectivity index (χ0v) is 10.9. The molecule has 0 bridgehead atoms. The van der Waals surface area contributed by atoms with Gasteiger partial charge in [0.25, 0.3) is 5.69 Å². The van der Waals surface area contributed by atoms with Crippen LogP contribution in [0, 0.1) is 10.1 Å². The van der Waals surface area contributed by atoms with Crippen LogP contribution in [0.25, 0.3) is 0 Å². The van der Waals surface area contributed by atoms with Crippen LogP contribution in [0.15, 0.2) is 30.9 Å². The molecule has 1 N–H and O–H groups in total. The molecule has 0 aromatic heterocycles. The second kappa shape index (κ2) is 8.10. The van der Waals surface area contributed by atoms with Crippen molar-refractivity contribution in [1.29, 1.82) is 0 Å². The Labute approximate surface area is 112 Å². The number of methoxy groups -OCH3 is 1. The van der Waals surface area contributed by atoms with Crippen LogP contribution < -0.4 is 10.1 Å². The second-order valence-corrected chi connectivity index (χ2v) is 3.76. The van der Waals surface area contributed by atoms with Gasteiger partial charge in [0.2, 0.25) is 0 Å². The molecule has 6 nitrogen and oxygen atoms in total. The van der Waals surface area contributed by atoms with E-state index < -0.39 is 4.92 Å². The summed E-state index contributed by atoms with van der Waals surface area (Å²) in [6.45, 7) is 5.19. The van der Waals surface area contributed by atoms with Crippen LogP contribution in [0.3, 0.4) is 0 Å². The Balaban J connectivity index is 2.52. The zero-order chi connectivity index (χ0) is 14.1. The first-order chi connectivity index (χ1) is 9.19. The summed E-state index contributed by atoms with van der Waals surface area (Å²) in [7, 11) is 1.47. The number of hydrogen-bond donors (Lipinski definition) is 1. The minimum Gasteiger partial charge on any atom is -0.496 e. The molecule has 0 heterocycles. The molecule has 0 aliphatic rings. The van der Waals surface area contributed by atoms with E-state index in [1.165, 1.54) is 13.2 Å². The van der Waals surface area contributed by atoms with Crippen LogP contribution in [0.4, 0.5) is 11.4 Å². The number of nitro groups is 1. The van der Waals surface area contributed by atoms with Gasteiger partial charge in [-0.15, -0.1) is 6.58 Å². The molecule has 1 aromatic rings. The van der Waals surface area contributed by atoms with Gasteiger partial charge in [-0.05, 0) is 18.6 Å². The highest BCUT2D eigenvalue weighted by atomic mass is 16.6. The van der Waals surface area contributed by atoms with Crippen molar-refractivity contribution in [2.45, 2.75) is 6.42 Å². The molecule has 1 rings (SSSR count). The lowest BCUT2D eigenvalue weighted by Crippen LogP contribution is -2.11. The maximum Gasteiger partial charge on any atom is 0.296 e. The Kier molecular flexibility index (Phi) is 6.38. The fraction of sp³-hybridized carbons (Fsp3) is 0.385. The average Bonchev–Trinajstić information content (AvgIpc) is 2.42. The predicted molar refractivity (Wildman–Crippen MR) is 73.8 cm³/mol. The van der Waals surface area contributed by atoms with Gasteiger partial charge in [-0.3, -0.25) is 10.1 Å². The number of benzene rings is 1.